The van der Waals surface area contributed by atoms with E-state index in [9.17, 15) is 4.79 Å². The van der Waals surface area contributed by atoms with Crippen LogP contribution in [-0.4, -0.2) is 14.5 Å². The molecular formula is C15H16N4OS. The molecule has 0 aliphatic rings. The van der Waals surface area contributed by atoms with Crippen molar-refractivity contribution in [3.63, 3.8) is 0 Å². The van der Waals surface area contributed by atoms with Gasteiger partial charge >= 0.3 is 0 Å². The molecule has 3 rings (SSSR count). The number of hydrogen-bond acceptors (Lipinski definition) is 5. The molecule has 6 heteroatoms. The van der Waals surface area contributed by atoms with Crippen molar-refractivity contribution in [2.75, 3.05) is 5.32 Å². The Bertz CT molecular complexity index is 837. The van der Waals surface area contributed by atoms with Crippen LogP contribution in [0.15, 0.2) is 35.4 Å². The van der Waals surface area contributed by atoms with Crippen LogP contribution in [0, 0.1) is 6.92 Å². The minimum atomic E-state index is -0.100. The molecule has 0 aliphatic heterocycles. The summed E-state index contributed by atoms with van der Waals surface area (Å²) in [6.45, 7) is 5.13. The molecule has 0 aliphatic carbocycles. The lowest BCUT2D eigenvalue weighted by molar-refractivity contribution is 0.718. The van der Waals surface area contributed by atoms with Gasteiger partial charge in [-0.2, -0.15) is 0 Å². The summed E-state index contributed by atoms with van der Waals surface area (Å²) in [6, 6.07) is 6.23. The van der Waals surface area contributed by atoms with E-state index in [1.54, 1.807) is 28.3 Å². The fourth-order valence-electron chi connectivity index (χ4n) is 2.14. The third kappa shape index (κ3) is 2.80. The molecule has 0 saturated carbocycles. The van der Waals surface area contributed by atoms with Gasteiger partial charge in [-0.3, -0.25) is 4.79 Å². The molecule has 0 radical (unpaired) electrons. The summed E-state index contributed by atoms with van der Waals surface area (Å²) >= 11 is 1.63. The SMILES string of the molecule is CCn1ccnc(NCc2nc3cc(C)ccc3s2)c1=O. The number of benzene rings is 1. The number of nitrogens with one attached hydrogen (secondary N) is 1. The number of aryl methyl sites for hydroxylation is 2. The molecule has 108 valence electrons. The van der Waals surface area contributed by atoms with Crippen LogP contribution in [0.2, 0.25) is 0 Å². The molecule has 1 N–H and O–H groups in total. The highest BCUT2D eigenvalue weighted by molar-refractivity contribution is 7.18. The standard InChI is InChI=1S/C15H16N4OS/c1-3-19-7-6-16-14(15(19)20)17-9-13-18-11-8-10(2)4-5-12(11)21-13/h4-8H,3,9H2,1-2H3,(H,16,17). The van der Waals surface area contributed by atoms with Crippen LogP contribution < -0.4 is 10.9 Å². The Morgan fingerprint density at radius 1 is 1.38 bits per heavy atom. The molecule has 21 heavy (non-hydrogen) atoms. The van der Waals surface area contributed by atoms with Crippen molar-refractivity contribution in [1.29, 1.82) is 0 Å². The summed E-state index contributed by atoms with van der Waals surface area (Å²) < 4.78 is 2.78. The smallest absolute Gasteiger partial charge is 0.293 e. The molecule has 3 aromatic rings. The predicted octanol–water partition coefficient (Wildman–Crippen LogP) is 2.79. The molecule has 2 heterocycles. The summed E-state index contributed by atoms with van der Waals surface area (Å²) in [5, 5.41) is 4.03. The van der Waals surface area contributed by atoms with Crippen LogP contribution >= 0.6 is 11.3 Å². The maximum atomic E-state index is 12.1. The Morgan fingerprint density at radius 3 is 3.05 bits per heavy atom. The lowest BCUT2D eigenvalue weighted by Gasteiger charge is -2.05. The van der Waals surface area contributed by atoms with Gasteiger partial charge in [0.2, 0.25) is 0 Å². The Labute approximate surface area is 126 Å². The van der Waals surface area contributed by atoms with Gasteiger partial charge in [0.05, 0.1) is 16.8 Å². The predicted molar refractivity (Wildman–Crippen MR) is 85.9 cm³/mol. The van der Waals surface area contributed by atoms with Gasteiger partial charge in [0.25, 0.3) is 5.56 Å². The zero-order valence-electron chi connectivity index (χ0n) is 12.0. The molecule has 1 aromatic carbocycles. The van der Waals surface area contributed by atoms with Gasteiger partial charge in [-0.15, -0.1) is 11.3 Å². The fourth-order valence-corrected chi connectivity index (χ4v) is 3.03. The van der Waals surface area contributed by atoms with Crippen LogP contribution in [-0.2, 0) is 13.1 Å². The molecule has 0 bridgehead atoms. The van der Waals surface area contributed by atoms with E-state index in [0.29, 0.717) is 18.9 Å². The first-order valence-electron chi connectivity index (χ1n) is 6.83. The average molecular weight is 300 g/mol. The van der Waals surface area contributed by atoms with Crippen LogP contribution in [0.4, 0.5) is 5.82 Å². The number of rotatable bonds is 4. The highest BCUT2D eigenvalue weighted by atomic mass is 32.1. The summed E-state index contributed by atoms with van der Waals surface area (Å²) in [5.41, 5.74) is 2.10. The largest absolute Gasteiger partial charge is 0.359 e. The van der Waals surface area contributed by atoms with Crippen molar-refractivity contribution < 1.29 is 0 Å². The van der Waals surface area contributed by atoms with E-state index in [2.05, 4.69) is 40.4 Å². The molecule has 0 saturated heterocycles. The first kappa shape index (κ1) is 13.8. The van der Waals surface area contributed by atoms with Crippen molar-refractivity contribution in [3.8, 4) is 0 Å². The lowest BCUT2D eigenvalue weighted by Crippen LogP contribution is -2.23. The Balaban J connectivity index is 1.82. The molecule has 0 unspecified atom stereocenters. The van der Waals surface area contributed by atoms with Gasteiger partial charge < -0.3 is 9.88 Å². The number of hydrogen-bond donors (Lipinski definition) is 1. The van der Waals surface area contributed by atoms with E-state index in [1.165, 1.54) is 5.56 Å². The molecule has 0 amide bonds. The number of fused-ring (bicyclic) bond motifs is 1. The topological polar surface area (TPSA) is 59.8 Å². The average Bonchev–Trinajstić information content (AvgIpc) is 2.88. The fraction of sp³-hybridized carbons (Fsp3) is 0.267. The molecule has 2 aromatic heterocycles. The number of thiazole rings is 1. The summed E-state index contributed by atoms with van der Waals surface area (Å²) in [6.07, 6.45) is 3.32. The molecular weight excluding hydrogens is 284 g/mol. The van der Waals surface area contributed by atoms with E-state index in [0.717, 1.165) is 15.2 Å². The normalized spacial score (nSPS) is 11.0. The zero-order chi connectivity index (χ0) is 14.8. The third-order valence-corrected chi connectivity index (χ3v) is 4.29. The van der Waals surface area contributed by atoms with Gasteiger partial charge in [-0.05, 0) is 31.5 Å². The van der Waals surface area contributed by atoms with Crippen molar-refractivity contribution in [2.24, 2.45) is 0 Å². The first-order chi connectivity index (χ1) is 10.2. The zero-order valence-corrected chi connectivity index (χ0v) is 12.8. The van der Waals surface area contributed by atoms with Gasteiger partial charge in [-0.1, -0.05) is 6.07 Å². The van der Waals surface area contributed by atoms with E-state index in [-0.39, 0.29) is 5.56 Å². The molecule has 0 fully saturated rings. The van der Waals surface area contributed by atoms with Crippen molar-refractivity contribution in [1.82, 2.24) is 14.5 Å². The maximum absolute atomic E-state index is 12.1. The molecule has 0 atom stereocenters. The van der Waals surface area contributed by atoms with Gasteiger partial charge in [-0.25, -0.2) is 9.97 Å². The maximum Gasteiger partial charge on any atom is 0.293 e. The van der Waals surface area contributed by atoms with Crippen molar-refractivity contribution in [2.45, 2.75) is 26.9 Å². The van der Waals surface area contributed by atoms with E-state index in [1.807, 2.05) is 6.92 Å². The van der Waals surface area contributed by atoms with Crippen LogP contribution in [0.25, 0.3) is 10.2 Å². The second kappa shape index (κ2) is 5.65. The van der Waals surface area contributed by atoms with Gasteiger partial charge in [0.1, 0.15) is 5.01 Å². The van der Waals surface area contributed by atoms with Crippen LogP contribution in [0.3, 0.4) is 0 Å². The number of aromatic nitrogens is 3. The summed E-state index contributed by atoms with van der Waals surface area (Å²) in [5.74, 6) is 0.370. The third-order valence-electron chi connectivity index (χ3n) is 3.25. The second-order valence-electron chi connectivity index (χ2n) is 4.80. The highest BCUT2D eigenvalue weighted by Crippen LogP contribution is 2.23. The minimum Gasteiger partial charge on any atom is -0.359 e. The molecule has 0 spiro atoms. The quantitative estimate of drug-likeness (QED) is 0.805. The van der Waals surface area contributed by atoms with Gasteiger partial charge in [0, 0.05) is 18.9 Å². The van der Waals surface area contributed by atoms with Crippen molar-refractivity contribution >= 4 is 27.4 Å². The highest BCUT2D eigenvalue weighted by Gasteiger charge is 2.07. The Hall–Kier alpha value is -2.21. The van der Waals surface area contributed by atoms with E-state index < -0.39 is 0 Å². The number of nitrogens with zero attached hydrogens (tertiary/aromatic N) is 3. The summed E-state index contributed by atoms with van der Waals surface area (Å²) in [7, 11) is 0. The minimum absolute atomic E-state index is 0.100. The van der Waals surface area contributed by atoms with Crippen molar-refractivity contribution in [3.05, 3.63) is 51.5 Å². The second-order valence-corrected chi connectivity index (χ2v) is 5.91. The molecule has 5 nitrogen and oxygen atoms in total. The lowest BCUT2D eigenvalue weighted by atomic mass is 10.2. The van der Waals surface area contributed by atoms with E-state index >= 15 is 0 Å². The monoisotopic (exact) mass is 300 g/mol. The Morgan fingerprint density at radius 2 is 2.24 bits per heavy atom. The summed E-state index contributed by atoms with van der Waals surface area (Å²) in [4.78, 5) is 20.7. The van der Waals surface area contributed by atoms with Gasteiger partial charge in [0.15, 0.2) is 5.82 Å². The van der Waals surface area contributed by atoms with E-state index in [4.69, 9.17) is 0 Å². The first-order valence-corrected chi connectivity index (χ1v) is 7.64. The number of anilines is 1. The van der Waals surface area contributed by atoms with Crippen LogP contribution in [0.1, 0.15) is 17.5 Å². The Kier molecular flexibility index (Phi) is 3.70. The van der Waals surface area contributed by atoms with Crippen LogP contribution in [0.5, 0.6) is 0 Å².